The average Bonchev–Trinajstić information content (AvgIpc) is 3.16. The fourth-order valence-electron chi connectivity index (χ4n) is 2.47. The Morgan fingerprint density at radius 1 is 1.32 bits per heavy atom. The number of carbonyl (C=O) groups is 2. The fourth-order valence-corrected chi connectivity index (χ4v) is 2.47. The highest BCUT2D eigenvalue weighted by molar-refractivity contribution is 5.95. The molecular weight excluding hydrogens is 290 g/mol. The second-order valence-electron chi connectivity index (χ2n) is 5.05. The molecule has 1 N–H and O–H groups in total. The zero-order valence-corrected chi connectivity index (χ0v) is 12.2. The van der Waals surface area contributed by atoms with Crippen LogP contribution in [0.5, 0.6) is 11.8 Å². The van der Waals surface area contributed by atoms with E-state index in [9.17, 15) is 9.59 Å². The molecular formula is C13H17N5O4. The Balaban J connectivity index is 1.55. The first kappa shape index (κ1) is 14.4. The van der Waals surface area contributed by atoms with E-state index >= 15 is 0 Å². The third kappa shape index (κ3) is 2.87. The molecule has 2 fully saturated rings. The SMILES string of the molecule is COc1ccc(O[C@H]2CCN(C(=O)N3CCNC3=O)C2)nn1. The topological polar surface area (TPSA) is 96.9 Å². The van der Waals surface area contributed by atoms with E-state index in [0.29, 0.717) is 44.4 Å². The van der Waals surface area contributed by atoms with E-state index in [1.807, 2.05) is 0 Å². The first-order valence-electron chi connectivity index (χ1n) is 7.06. The minimum Gasteiger partial charge on any atom is -0.480 e. The number of hydrogen-bond acceptors (Lipinski definition) is 6. The van der Waals surface area contributed by atoms with E-state index in [4.69, 9.17) is 9.47 Å². The van der Waals surface area contributed by atoms with Crippen molar-refractivity contribution in [1.29, 1.82) is 0 Å². The van der Waals surface area contributed by atoms with E-state index in [-0.39, 0.29) is 18.2 Å². The summed E-state index contributed by atoms with van der Waals surface area (Å²) in [6.07, 6.45) is 0.534. The smallest absolute Gasteiger partial charge is 0.328 e. The van der Waals surface area contributed by atoms with Gasteiger partial charge in [0.15, 0.2) is 0 Å². The molecule has 22 heavy (non-hydrogen) atoms. The van der Waals surface area contributed by atoms with Gasteiger partial charge >= 0.3 is 12.1 Å². The third-order valence-corrected chi connectivity index (χ3v) is 3.62. The van der Waals surface area contributed by atoms with Crippen LogP contribution in [-0.4, -0.2) is 71.5 Å². The van der Waals surface area contributed by atoms with Gasteiger partial charge in [0.2, 0.25) is 11.8 Å². The van der Waals surface area contributed by atoms with Crippen LogP contribution in [0.4, 0.5) is 9.59 Å². The van der Waals surface area contributed by atoms with Gasteiger partial charge in [-0.05, 0) is 0 Å². The third-order valence-electron chi connectivity index (χ3n) is 3.62. The number of ether oxygens (including phenoxy) is 2. The van der Waals surface area contributed by atoms with Crippen LogP contribution in [-0.2, 0) is 0 Å². The second-order valence-corrected chi connectivity index (χ2v) is 5.05. The predicted octanol–water partition coefficient (Wildman–Crippen LogP) is 0.0835. The number of imide groups is 1. The highest BCUT2D eigenvalue weighted by Crippen LogP contribution is 2.19. The fraction of sp³-hybridized carbons (Fsp3) is 0.538. The Labute approximate surface area is 127 Å². The van der Waals surface area contributed by atoms with Gasteiger partial charge in [0.1, 0.15) is 6.10 Å². The van der Waals surface area contributed by atoms with Crippen molar-refractivity contribution in [3.05, 3.63) is 12.1 Å². The maximum Gasteiger partial charge on any atom is 0.328 e. The van der Waals surface area contributed by atoms with Crippen molar-refractivity contribution in [3.63, 3.8) is 0 Å². The van der Waals surface area contributed by atoms with Crippen LogP contribution in [0.1, 0.15) is 6.42 Å². The van der Waals surface area contributed by atoms with Crippen LogP contribution < -0.4 is 14.8 Å². The van der Waals surface area contributed by atoms with Crippen molar-refractivity contribution in [3.8, 4) is 11.8 Å². The van der Waals surface area contributed by atoms with Gasteiger partial charge in [0, 0.05) is 38.2 Å². The number of methoxy groups -OCH3 is 1. The summed E-state index contributed by atoms with van der Waals surface area (Å²) >= 11 is 0. The lowest BCUT2D eigenvalue weighted by atomic mass is 10.3. The highest BCUT2D eigenvalue weighted by atomic mass is 16.5. The predicted molar refractivity (Wildman–Crippen MR) is 74.7 cm³/mol. The standard InChI is InChI=1S/C13H17N5O4/c1-21-10-2-3-11(16-15-10)22-9-4-6-17(8-9)13(20)18-7-5-14-12(18)19/h2-3,9H,4-8H2,1H3,(H,14,19)/t9-/m0/s1. The van der Waals surface area contributed by atoms with E-state index < -0.39 is 0 Å². The van der Waals surface area contributed by atoms with Crippen molar-refractivity contribution >= 4 is 12.1 Å². The first-order chi connectivity index (χ1) is 10.7. The minimum absolute atomic E-state index is 0.155. The van der Waals surface area contributed by atoms with Gasteiger partial charge in [-0.1, -0.05) is 0 Å². The molecule has 9 nitrogen and oxygen atoms in total. The summed E-state index contributed by atoms with van der Waals surface area (Å²) in [4.78, 5) is 26.6. The molecule has 2 aliphatic heterocycles. The van der Waals surface area contributed by atoms with Gasteiger partial charge in [-0.15, -0.1) is 10.2 Å². The largest absolute Gasteiger partial charge is 0.480 e. The molecule has 1 aromatic heterocycles. The van der Waals surface area contributed by atoms with Crippen LogP contribution in [0.25, 0.3) is 0 Å². The Morgan fingerprint density at radius 2 is 2.09 bits per heavy atom. The first-order valence-corrected chi connectivity index (χ1v) is 7.06. The number of rotatable bonds is 3. The molecule has 2 saturated heterocycles. The summed E-state index contributed by atoms with van der Waals surface area (Å²) in [6, 6.07) is 2.72. The summed E-state index contributed by atoms with van der Waals surface area (Å²) in [5.74, 6) is 0.801. The van der Waals surface area contributed by atoms with Gasteiger partial charge in [0.05, 0.1) is 13.7 Å². The molecule has 2 aliphatic rings. The molecule has 118 valence electrons. The van der Waals surface area contributed by atoms with Gasteiger partial charge in [-0.2, -0.15) is 0 Å². The molecule has 0 saturated carbocycles. The number of hydrogen-bond donors (Lipinski definition) is 1. The normalized spacial score (nSPS) is 21.0. The van der Waals surface area contributed by atoms with E-state index in [1.165, 1.54) is 12.0 Å². The number of aromatic nitrogens is 2. The Hall–Kier alpha value is -2.58. The number of nitrogens with one attached hydrogen (secondary N) is 1. The van der Waals surface area contributed by atoms with Gasteiger partial charge in [-0.25, -0.2) is 14.5 Å². The summed E-state index contributed by atoms with van der Waals surface area (Å²) in [6.45, 7) is 1.89. The Morgan fingerprint density at radius 3 is 2.73 bits per heavy atom. The van der Waals surface area contributed by atoms with Crippen molar-refractivity contribution < 1.29 is 19.1 Å². The molecule has 1 atom stereocenters. The van der Waals surface area contributed by atoms with Gasteiger partial charge in [-0.3, -0.25) is 0 Å². The van der Waals surface area contributed by atoms with Crippen molar-refractivity contribution in [2.75, 3.05) is 33.3 Å². The minimum atomic E-state index is -0.338. The molecule has 4 amide bonds. The lowest BCUT2D eigenvalue weighted by Crippen LogP contribution is -2.44. The average molecular weight is 307 g/mol. The molecule has 3 heterocycles. The summed E-state index contributed by atoms with van der Waals surface area (Å²) in [5, 5.41) is 10.3. The summed E-state index contributed by atoms with van der Waals surface area (Å²) < 4.78 is 10.6. The van der Waals surface area contributed by atoms with Crippen LogP contribution in [0.2, 0.25) is 0 Å². The van der Waals surface area contributed by atoms with Gasteiger partial charge in [0.25, 0.3) is 0 Å². The number of carbonyl (C=O) groups excluding carboxylic acids is 2. The molecule has 0 aromatic carbocycles. The highest BCUT2D eigenvalue weighted by Gasteiger charge is 2.35. The molecule has 3 rings (SSSR count). The maximum absolute atomic E-state index is 12.2. The number of nitrogens with zero attached hydrogens (tertiary/aromatic N) is 4. The van der Waals surface area contributed by atoms with Crippen LogP contribution in [0.15, 0.2) is 12.1 Å². The van der Waals surface area contributed by atoms with Crippen LogP contribution in [0, 0.1) is 0 Å². The molecule has 0 unspecified atom stereocenters. The molecule has 1 aromatic rings. The van der Waals surface area contributed by atoms with E-state index in [2.05, 4.69) is 15.5 Å². The molecule has 0 radical (unpaired) electrons. The van der Waals surface area contributed by atoms with E-state index in [0.717, 1.165) is 0 Å². The molecule has 0 bridgehead atoms. The van der Waals surface area contributed by atoms with Gasteiger partial charge < -0.3 is 19.7 Å². The molecule has 0 aliphatic carbocycles. The number of amides is 4. The Bertz CT molecular complexity index is 564. The lowest BCUT2D eigenvalue weighted by Gasteiger charge is -2.21. The van der Waals surface area contributed by atoms with Crippen molar-refractivity contribution in [2.45, 2.75) is 12.5 Å². The summed E-state index contributed by atoms with van der Waals surface area (Å²) in [7, 11) is 1.51. The van der Waals surface area contributed by atoms with Crippen LogP contribution >= 0.6 is 0 Å². The zero-order valence-electron chi connectivity index (χ0n) is 12.2. The lowest BCUT2D eigenvalue weighted by molar-refractivity contribution is 0.159. The zero-order chi connectivity index (χ0) is 15.5. The maximum atomic E-state index is 12.2. The Kier molecular flexibility index (Phi) is 3.94. The van der Waals surface area contributed by atoms with Crippen molar-refractivity contribution in [2.24, 2.45) is 0 Å². The quantitative estimate of drug-likeness (QED) is 0.849. The number of likely N-dealkylation sites (tertiary alicyclic amines) is 1. The monoisotopic (exact) mass is 307 g/mol. The second kappa shape index (κ2) is 6.04. The summed E-state index contributed by atoms with van der Waals surface area (Å²) in [5.41, 5.74) is 0. The number of urea groups is 2. The van der Waals surface area contributed by atoms with E-state index in [1.54, 1.807) is 17.0 Å². The van der Waals surface area contributed by atoms with Crippen molar-refractivity contribution in [1.82, 2.24) is 25.3 Å². The van der Waals surface area contributed by atoms with Crippen LogP contribution in [0.3, 0.4) is 0 Å². The molecule has 9 heteroatoms. The molecule has 0 spiro atoms.